The zero-order valence-electron chi connectivity index (χ0n) is 8.46. The summed E-state index contributed by atoms with van der Waals surface area (Å²) >= 11 is 6.14. The number of aryl methyl sites for hydroxylation is 1. The Bertz CT molecular complexity index is 497. The molecule has 0 radical (unpaired) electrons. The number of hydrogen-bond donors (Lipinski definition) is 0. The normalized spacial score (nSPS) is 10.3. The summed E-state index contributed by atoms with van der Waals surface area (Å²) in [6, 6.07) is 9.63. The minimum Gasteiger partial charge on any atom is -0.461 e. The van der Waals surface area contributed by atoms with Crippen molar-refractivity contribution in [3.8, 4) is 11.3 Å². The lowest BCUT2D eigenvalue weighted by Crippen LogP contribution is -1.78. The average Bonchev–Trinajstić information content (AvgIpc) is 2.64. The summed E-state index contributed by atoms with van der Waals surface area (Å²) in [5.41, 5.74) is 1.92. The first-order chi connectivity index (χ1) is 7.20. The van der Waals surface area contributed by atoms with Crippen LogP contribution in [0.25, 0.3) is 17.4 Å². The Morgan fingerprint density at radius 3 is 2.60 bits per heavy atom. The summed E-state index contributed by atoms with van der Waals surface area (Å²) in [5, 5.41) is 0.682. The first-order valence-corrected chi connectivity index (χ1v) is 5.07. The predicted molar refractivity (Wildman–Crippen MR) is 64.0 cm³/mol. The van der Waals surface area contributed by atoms with E-state index in [-0.39, 0.29) is 0 Å². The highest BCUT2D eigenvalue weighted by Crippen LogP contribution is 2.30. The lowest BCUT2D eigenvalue weighted by molar-refractivity contribution is 0.548. The predicted octanol–water partition coefficient (Wildman–Crippen LogP) is 4.55. The Kier molecular flexibility index (Phi) is 2.65. The standard InChI is InChI=1S/C13H11ClO/c1-3-10-5-6-11(12(14)8-10)13-7-4-9(2)15-13/h3-8H,1H2,2H3. The van der Waals surface area contributed by atoms with Crippen LogP contribution in [-0.4, -0.2) is 0 Å². The molecule has 1 nitrogen and oxygen atoms in total. The van der Waals surface area contributed by atoms with Gasteiger partial charge >= 0.3 is 0 Å². The fourth-order valence-corrected chi connectivity index (χ4v) is 1.72. The molecule has 0 aliphatic carbocycles. The van der Waals surface area contributed by atoms with Crippen LogP contribution in [0.3, 0.4) is 0 Å². The summed E-state index contributed by atoms with van der Waals surface area (Å²) in [4.78, 5) is 0. The third-order valence-corrected chi connectivity index (χ3v) is 2.55. The van der Waals surface area contributed by atoms with Crippen LogP contribution >= 0.6 is 11.6 Å². The van der Waals surface area contributed by atoms with E-state index >= 15 is 0 Å². The molecule has 0 fully saturated rings. The number of hydrogen-bond acceptors (Lipinski definition) is 1. The number of rotatable bonds is 2. The van der Waals surface area contributed by atoms with E-state index in [1.807, 2.05) is 37.3 Å². The molecule has 0 unspecified atom stereocenters. The second kappa shape index (κ2) is 3.95. The second-order valence-electron chi connectivity index (χ2n) is 3.35. The minimum atomic E-state index is 0.682. The summed E-state index contributed by atoms with van der Waals surface area (Å²) in [7, 11) is 0. The van der Waals surface area contributed by atoms with Crippen molar-refractivity contribution in [3.63, 3.8) is 0 Å². The van der Waals surface area contributed by atoms with Gasteiger partial charge in [-0.15, -0.1) is 0 Å². The molecule has 0 saturated heterocycles. The molecule has 2 aromatic rings. The van der Waals surface area contributed by atoms with E-state index in [2.05, 4.69) is 6.58 Å². The van der Waals surface area contributed by atoms with Gasteiger partial charge in [-0.1, -0.05) is 30.3 Å². The molecule has 76 valence electrons. The zero-order chi connectivity index (χ0) is 10.8. The number of benzene rings is 1. The maximum atomic E-state index is 6.14. The highest BCUT2D eigenvalue weighted by molar-refractivity contribution is 6.33. The van der Waals surface area contributed by atoms with Gasteiger partial charge in [-0.3, -0.25) is 0 Å². The van der Waals surface area contributed by atoms with E-state index in [9.17, 15) is 0 Å². The van der Waals surface area contributed by atoms with Crippen LogP contribution in [0.15, 0.2) is 41.3 Å². The van der Waals surface area contributed by atoms with Gasteiger partial charge in [-0.25, -0.2) is 0 Å². The lowest BCUT2D eigenvalue weighted by atomic mass is 10.1. The van der Waals surface area contributed by atoms with Gasteiger partial charge in [0.1, 0.15) is 11.5 Å². The lowest BCUT2D eigenvalue weighted by Gasteiger charge is -2.01. The molecular weight excluding hydrogens is 208 g/mol. The van der Waals surface area contributed by atoms with E-state index in [1.54, 1.807) is 6.08 Å². The molecule has 0 aliphatic rings. The topological polar surface area (TPSA) is 13.1 Å². The Hall–Kier alpha value is -1.47. The highest BCUT2D eigenvalue weighted by atomic mass is 35.5. The Morgan fingerprint density at radius 2 is 2.07 bits per heavy atom. The monoisotopic (exact) mass is 218 g/mol. The highest BCUT2D eigenvalue weighted by Gasteiger charge is 2.07. The zero-order valence-corrected chi connectivity index (χ0v) is 9.21. The van der Waals surface area contributed by atoms with Gasteiger partial charge in [-0.05, 0) is 36.8 Å². The van der Waals surface area contributed by atoms with Crippen molar-refractivity contribution >= 4 is 17.7 Å². The van der Waals surface area contributed by atoms with Crippen LogP contribution in [0, 0.1) is 6.92 Å². The Balaban J connectivity index is 2.49. The van der Waals surface area contributed by atoms with Gasteiger partial charge in [0.05, 0.1) is 5.02 Å². The molecule has 0 atom stereocenters. The molecule has 0 spiro atoms. The van der Waals surface area contributed by atoms with Gasteiger partial charge in [0.25, 0.3) is 0 Å². The fraction of sp³-hybridized carbons (Fsp3) is 0.0769. The van der Waals surface area contributed by atoms with Crippen LogP contribution < -0.4 is 0 Å². The first-order valence-electron chi connectivity index (χ1n) is 4.69. The molecule has 0 N–H and O–H groups in total. The maximum Gasteiger partial charge on any atom is 0.135 e. The molecule has 0 saturated carbocycles. The largest absolute Gasteiger partial charge is 0.461 e. The summed E-state index contributed by atoms with van der Waals surface area (Å²) in [6.07, 6.45) is 1.77. The van der Waals surface area contributed by atoms with Crippen LogP contribution in [-0.2, 0) is 0 Å². The molecule has 2 rings (SSSR count). The van der Waals surface area contributed by atoms with E-state index < -0.39 is 0 Å². The van der Waals surface area contributed by atoms with Crippen molar-refractivity contribution < 1.29 is 4.42 Å². The van der Waals surface area contributed by atoms with Gasteiger partial charge < -0.3 is 4.42 Å². The van der Waals surface area contributed by atoms with Gasteiger partial charge in [0.2, 0.25) is 0 Å². The van der Waals surface area contributed by atoms with E-state index in [4.69, 9.17) is 16.0 Å². The quantitative estimate of drug-likeness (QED) is 0.721. The number of furan rings is 1. The van der Waals surface area contributed by atoms with Crippen LogP contribution in [0.2, 0.25) is 5.02 Å². The van der Waals surface area contributed by atoms with Crippen molar-refractivity contribution in [1.82, 2.24) is 0 Å². The van der Waals surface area contributed by atoms with Crippen LogP contribution in [0.5, 0.6) is 0 Å². The van der Waals surface area contributed by atoms with E-state index in [1.165, 1.54) is 0 Å². The van der Waals surface area contributed by atoms with E-state index in [0.29, 0.717) is 5.02 Å². The van der Waals surface area contributed by atoms with Crippen molar-refractivity contribution in [2.24, 2.45) is 0 Å². The van der Waals surface area contributed by atoms with E-state index in [0.717, 1.165) is 22.6 Å². The molecule has 15 heavy (non-hydrogen) atoms. The molecule has 1 aromatic heterocycles. The third-order valence-electron chi connectivity index (χ3n) is 2.23. The summed E-state index contributed by atoms with van der Waals surface area (Å²) in [5.74, 6) is 1.68. The Morgan fingerprint density at radius 1 is 1.27 bits per heavy atom. The van der Waals surface area contributed by atoms with Crippen LogP contribution in [0.1, 0.15) is 11.3 Å². The second-order valence-corrected chi connectivity index (χ2v) is 3.76. The van der Waals surface area contributed by atoms with Crippen molar-refractivity contribution in [2.45, 2.75) is 6.92 Å². The van der Waals surface area contributed by atoms with Gasteiger partial charge in [0.15, 0.2) is 0 Å². The van der Waals surface area contributed by atoms with Crippen molar-refractivity contribution in [3.05, 3.63) is 53.3 Å². The summed E-state index contributed by atoms with van der Waals surface area (Å²) in [6.45, 7) is 5.61. The SMILES string of the molecule is C=Cc1ccc(-c2ccc(C)o2)c(Cl)c1. The molecule has 0 bridgehead atoms. The van der Waals surface area contributed by atoms with Crippen molar-refractivity contribution in [2.75, 3.05) is 0 Å². The molecule has 0 aliphatic heterocycles. The third kappa shape index (κ3) is 1.97. The smallest absolute Gasteiger partial charge is 0.135 e. The van der Waals surface area contributed by atoms with Crippen molar-refractivity contribution in [1.29, 1.82) is 0 Å². The average molecular weight is 219 g/mol. The minimum absolute atomic E-state index is 0.682. The number of halogens is 1. The molecule has 1 aromatic carbocycles. The molecular formula is C13H11ClO. The van der Waals surface area contributed by atoms with Gasteiger partial charge in [-0.2, -0.15) is 0 Å². The maximum absolute atomic E-state index is 6.14. The molecule has 1 heterocycles. The Labute approximate surface area is 94.0 Å². The molecule has 2 heteroatoms. The first kappa shape index (κ1) is 10.1. The van der Waals surface area contributed by atoms with Crippen LogP contribution in [0.4, 0.5) is 0 Å². The van der Waals surface area contributed by atoms with Gasteiger partial charge in [0, 0.05) is 5.56 Å². The molecule has 0 amide bonds. The summed E-state index contributed by atoms with van der Waals surface area (Å²) < 4.78 is 5.51. The fourth-order valence-electron chi connectivity index (χ4n) is 1.44.